The Labute approximate surface area is 377 Å². The van der Waals surface area contributed by atoms with Crippen molar-refractivity contribution < 1.29 is 4.42 Å². The molecule has 2 spiro atoms. The number of furan rings is 1. The van der Waals surface area contributed by atoms with E-state index in [0.29, 0.717) is 0 Å². The first kappa shape index (κ1) is 34.5. The van der Waals surface area contributed by atoms with E-state index in [0.717, 1.165) is 61.2 Å². The van der Waals surface area contributed by atoms with Crippen LogP contribution < -0.4 is 0 Å². The maximum absolute atomic E-state index is 6.53. The lowest BCUT2D eigenvalue weighted by Gasteiger charge is -2.40. The number of benzene rings is 8. The van der Waals surface area contributed by atoms with Gasteiger partial charge in [0.2, 0.25) is 0 Å². The fourth-order valence-electron chi connectivity index (χ4n) is 12.8. The molecule has 1 atom stereocenters. The average molecular weight is 844 g/mol. The van der Waals surface area contributed by atoms with Crippen LogP contribution in [0.5, 0.6) is 0 Å². The predicted octanol–water partition coefficient (Wildman–Crippen LogP) is 14.6. The van der Waals surface area contributed by atoms with Gasteiger partial charge >= 0.3 is 0 Å². The third-order valence-electron chi connectivity index (χ3n) is 15.2. The van der Waals surface area contributed by atoms with Gasteiger partial charge in [-0.25, -0.2) is 0 Å². The van der Waals surface area contributed by atoms with Crippen molar-refractivity contribution in [1.29, 1.82) is 0 Å². The lowest BCUT2D eigenvalue weighted by Crippen LogP contribution is -2.33. The van der Waals surface area contributed by atoms with Crippen LogP contribution in [0.25, 0.3) is 83.1 Å². The molecule has 4 aromatic heterocycles. The van der Waals surface area contributed by atoms with Gasteiger partial charge < -0.3 is 8.98 Å². The molecule has 0 fully saturated rings. The highest BCUT2D eigenvalue weighted by atomic mass is 32.2. The molecule has 0 N–H and O–H groups in total. The Hall–Kier alpha value is -7.99. The van der Waals surface area contributed by atoms with E-state index in [-0.39, 0.29) is 0 Å². The van der Waals surface area contributed by atoms with Gasteiger partial charge in [-0.1, -0.05) is 145 Å². The Kier molecular flexibility index (Phi) is 6.35. The number of hydrogen-bond donors (Lipinski definition) is 0. The van der Waals surface area contributed by atoms with E-state index in [1.165, 1.54) is 76.2 Å². The standard InChI is InChI=1S/C60H33N3OS/c1-6-19-43-35(14-1)36-15-2-7-20-44(36)59(43)45-21-8-3-16-37(45)40-30-49-56(31-48(40)59)65-55-26-12-9-22-46(55)60(49)47-23-13-27-61-57(47)58-50(60)28-34(33-62-58)63-51-24-10-4-17-38(51)41-29-42-39-18-5-11-25-53(39)64-54(42)32-52(41)63/h1-33H. The molecule has 16 rings (SSSR count). The van der Waals surface area contributed by atoms with Crippen molar-refractivity contribution in [1.82, 2.24) is 14.5 Å². The number of aromatic nitrogens is 3. The molecule has 0 amide bonds. The Balaban J connectivity index is 1.01. The summed E-state index contributed by atoms with van der Waals surface area (Å²) in [6.45, 7) is 0. The molecule has 1 unspecified atom stereocenters. The van der Waals surface area contributed by atoms with E-state index >= 15 is 0 Å². The van der Waals surface area contributed by atoms with Crippen LogP contribution in [0.3, 0.4) is 0 Å². The first-order chi connectivity index (χ1) is 32.2. The zero-order valence-corrected chi connectivity index (χ0v) is 35.5. The molecule has 0 saturated carbocycles. The number of fused-ring (bicyclic) bond motifs is 25. The van der Waals surface area contributed by atoms with Crippen LogP contribution in [0.15, 0.2) is 215 Å². The molecule has 0 radical (unpaired) electrons. The monoisotopic (exact) mass is 843 g/mol. The molecule has 3 aliphatic carbocycles. The molecule has 5 heterocycles. The fraction of sp³-hybridized carbons (Fsp3) is 0.0333. The van der Waals surface area contributed by atoms with Crippen LogP contribution in [-0.4, -0.2) is 14.5 Å². The van der Waals surface area contributed by atoms with Crippen LogP contribution in [-0.2, 0) is 10.8 Å². The minimum Gasteiger partial charge on any atom is -0.456 e. The molecule has 1 aliphatic heterocycles. The molecule has 5 heteroatoms. The summed E-state index contributed by atoms with van der Waals surface area (Å²) in [5, 5.41) is 4.62. The highest BCUT2D eigenvalue weighted by Crippen LogP contribution is 2.67. The van der Waals surface area contributed by atoms with Gasteiger partial charge in [-0.15, -0.1) is 0 Å². The summed E-state index contributed by atoms with van der Waals surface area (Å²) >= 11 is 1.89. The van der Waals surface area contributed by atoms with Gasteiger partial charge in [0.05, 0.1) is 45.1 Å². The summed E-state index contributed by atoms with van der Waals surface area (Å²) < 4.78 is 8.91. The Morgan fingerprint density at radius 1 is 0.385 bits per heavy atom. The Morgan fingerprint density at radius 2 is 1.02 bits per heavy atom. The van der Waals surface area contributed by atoms with E-state index in [9.17, 15) is 0 Å². The normalized spacial score (nSPS) is 16.4. The van der Waals surface area contributed by atoms with Crippen molar-refractivity contribution >= 4 is 55.5 Å². The molecule has 4 aliphatic rings. The van der Waals surface area contributed by atoms with Crippen LogP contribution in [0.2, 0.25) is 0 Å². The second-order valence-corrected chi connectivity index (χ2v) is 19.0. The van der Waals surface area contributed by atoms with Crippen LogP contribution >= 0.6 is 11.8 Å². The number of nitrogens with zero attached hydrogens (tertiary/aromatic N) is 3. The maximum Gasteiger partial charge on any atom is 0.137 e. The summed E-state index contributed by atoms with van der Waals surface area (Å²) in [4.78, 5) is 13.1. The summed E-state index contributed by atoms with van der Waals surface area (Å²) in [7, 11) is 0. The first-order valence-corrected chi connectivity index (χ1v) is 23.1. The molecule has 300 valence electrons. The zero-order chi connectivity index (χ0) is 42.2. The topological polar surface area (TPSA) is 43.9 Å². The third-order valence-corrected chi connectivity index (χ3v) is 16.3. The minimum absolute atomic E-state index is 0.442. The second kappa shape index (κ2) is 12.0. The highest BCUT2D eigenvalue weighted by Gasteiger charge is 2.56. The van der Waals surface area contributed by atoms with Crippen molar-refractivity contribution in [3.63, 3.8) is 0 Å². The van der Waals surface area contributed by atoms with Crippen molar-refractivity contribution in [2.75, 3.05) is 0 Å². The van der Waals surface area contributed by atoms with Gasteiger partial charge in [0, 0.05) is 49.2 Å². The van der Waals surface area contributed by atoms with Crippen LogP contribution in [0.4, 0.5) is 0 Å². The Morgan fingerprint density at radius 3 is 1.82 bits per heavy atom. The molecule has 4 nitrogen and oxygen atoms in total. The molecule has 65 heavy (non-hydrogen) atoms. The van der Waals surface area contributed by atoms with E-state index in [4.69, 9.17) is 14.4 Å². The van der Waals surface area contributed by atoms with Gasteiger partial charge in [-0.2, -0.15) is 0 Å². The van der Waals surface area contributed by atoms with Crippen molar-refractivity contribution in [2.24, 2.45) is 0 Å². The molecule has 0 bridgehead atoms. The van der Waals surface area contributed by atoms with Gasteiger partial charge in [0.1, 0.15) is 11.2 Å². The lowest BCUT2D eigenvalue weighted by molar-refractivity contribution is 0.669. The van der Waals surface area contributed by atoms with Gasteiger partial charge in [0.25, 0.3) is 0 Å². The number of para-hydroxylation sites is 2. The predicted molar refractivity (Wildman–Crippen MR) is 261 cm³/mol. The molecular formula is C60H33N3OS. The van der Waals surface area contributed by atoms with E-state index < -0.39 is 10.8 Å². The summed E-state index contributed by atoms with van der Waals surface area (Å²) in [5.41, 5.74) is 21.1. The van der Waals surface area contributed by atoms with Crippen molar-refractivity contribution in [3.05, 3.63) is 245 Å². The molecule has 0 saturated heterocycles. The largest absolute Gasteiger partial charge is 0.456 e. The molecule has 12 aromatic rings. The maximum atomic E-state index is 6.53. The number of rotatable bonds is 1. The zero-order valence-electron chi connectivity index (χ0n) is 34.7. The SMILES string of the molecule is c1ccc2c(c1)Sc1cc3c(cc1C21c2cccnc2-c2ncc(-n4c5ccccc5c5cc6c(cc54)oc4ccccc46)cc21)-c1ccccc1C31c2ccccc2-c2ccccc21. The minimum atomic E-state index is -0.699. The Bertz CT molecular complexity index is 4090. The third kappa shape index (κ3) is 4.00. The average Bonchev–Trinajstić information content (AvgIpc) is 4.13. The molecular weight excluding hydrogens is 811 g/mol. The van der Waals surface area contributed by atoms with Crippen molar-refractivity contribution in [3.8, 4) is 39.3 Å². The van der Waals surface area contributed by atoms with Gasteiger partial charge in [0.15, 0.2) is 0 Å². The van der Waals surface area contributed by atoms with Crippen LogP contribution in [0.1, 0.15) is 44.5 Å². The molecule has 8 aromatic carbocycles. The fourth-order valence-corrected chi connectivity index (χ4v) is 14.0. The van der Waals surface area contributed by atoms with Gasteiger partial charge in [-0.05, 0) is 110 Å². The second-order valence-electron chi connectivity index (χ2n) is 17.9. The van der Waals surface area contributed by atoms with Gasteiger partial charge in [-0.3, -0.25) is 9.97 Å². The van der Waals surface area contributed by atoms with E-state index in [2.05, 4.69) is 187 Å². The lowest BCUT2D eigenvalue weighted by atomic mass is 9.66. The number of hydrogen-bond acceptors (Lipinski definition) is 4. The quantitative estimate of drug-likeness (QED) is 0.165. The van der Waals surface area contributed by atoms with Crippen LogP contribution in [0, 0.1) is 0 Å². The summed E-state index contributed by atoms with van der Waals surface area (Å²) in [6.07, 6.45) is 3.97. The number of pyridine rings is 2. The summed E-state index contributed by atoms with van der Waals surface area (Å²) in [5.74, 6) is 0. The summed E-state index contributed by atoms with van der Waals surface area (Å²) in [6, 6.07) is 69.9. The first-order valence-electron chi connectivity index (χ1n) is 22.3. The van der Waals surface area contributed by atoms with E-state index in [1.54, 1.807) is 0 Å². The smallest absolute Gasteiger partial charge is 0.137 e. The van der Waals surface area contributed by atoms with Crippen molar-refractivity contribution in [2.45, 2.75) is 20.6 Å². The highest BCUT2D eigenvalue weighted by molar-refractivity contribution is 7.99. The van der Waals surface area contributed by atoms with E-state index in [1.807, 2.05) is 30.2 Å².